The van der Waals surface area contributed by atoms with E-state index in [4.69, 9.17) is 0 Å². The number of nitrogens with zero attached hydrogens (tertiary/aromatic N) is 3. The molecule has 1 aromatic heterocycles. The van der Waals surface area contributed by atoms with Crippen LogP contribution in [0.25, 0.3) is 0 Å². The van der Waals surface area contributed by atoms with Gasteiger partial charge in [0.15, 0.2) is 0 Å². The summed E-state index contributed by atoms with van der Waals surface area (Å²) in [6, 6.07) is 0.405. The van der Waals surface area contributed by atoms with Crippen molar-refractivity contribution >= 4 is 11.8 Å². The standard InChI is InChI=1S/C10H18N4S/c1-3-11-10(9-5-4-6-15-9)8-7-12-13-14(8)2/h7,9-11H,3-6H2,1-2H3. The topological polar surface area (TPSA) is 42.7 Å². The second-order valence-electron chi connectivity index (χ2n) is 3.87. The van der Waals surface area contributed by atoms with Crippen molar-refractivity contribution in [3.63, 3.8) is 0 Å². The Kier molecular flexibility index (Phi) is 3.64. The van der Waals surface area contributed by atoms with Gasteiger partial charge in [0.1, 0.15) is 0 Å². The fourth-order valence-electron chi connectivity index (χ4n) is 2.09. The normalized spacial score (nSPS) is 23.2. The molecule has 1 aliphatic rings. The molecule has 1 aliphatic heterocycles. The van der Waals surface area contributed by atoms with Gasteiger partial charge in [-0.3, -0.25) is 4.68 Å². The Labute approximate surface area is 94.8 Å². The number of aryl methyl sites for hydroxylation is 1. The maximum Gasteiger partial charge on any atom is 0.0764 e. The molecule has 15 heavy (non-hydrogen) atoms. The summed E-state index contributed by atoms with van der Waals surface area (Å²) < 4.78 is 1.88. The molecule has 0 amide bonds. The Morgan fingerprint density at radius 3 is 3.13 bits per heavy atom. The van der Waals surface area contributed by atoms with E-state index in [1.807, 2.05) is 17.9 Å². The summed E-state index contributed by atoms with van der Waals surface area (Å²) >= 11 is 2.07. The number of rotatable bonds is 4. The monoisotopic (exact) mass is 226 g/mol. The zero-order valence-corrected chi connectivity index (χ0v) is 10.1. The van der Waals surface area contributed by atoms with E-state index in [1.165, 1.54) is 24.3 Å². The lowest BCUT2D eigenvalue weighted by Crippen LogP contribution is -2.30. The van der Waals surface area contributed by atoms with Gasteiger partial charge in [0.05, 0.1) is 17.9 Å². The first kappa shape index (κ1) is 11.0. The van der Waals surface area contributed by atoms with Gasteiger partial charge in [-0.05, 0) is 25.1 Å². The zero-order valence-electron chi connectivity index (χ0n) is 9.31. The molecule has 0 spiro atoms. The van der Waals surface area contributed by atoms with Crippen LogP contribution in [0.1, 0.15) is 31.5 Å². The van der Waals surface area contributed by atoms with Crippen LogP contribution < -0.4 is 5.32 Å². The van der Waals surface area contributed by atoms with Gasteiger partial charge in [0.2, 0.25) is 0 Å². The minimum atomic E-state index is 0.405. The van der Waals surface area contributed by atoms with E-state index >= 15 is 0 Å². The summed E-state index contributed by atoms with van der Waals surface area (Å²) in [6.07, 6.45) is 4.52. The highest BCUT2D eigenvalue weighted by molar-refractivity contribution is 8.00. The van der Waals surface area contributed by atoms with Crippen molar-refractivity contribution in [2.24, 2.45) is 7.05 Å². The molecule has 2 heterocycles. The number of thioether (sulfide) groups is 1. The third kappa shape index (κ3) is 2.34. The number of aromatic nitrogens is 3. The van der Waals surface area contributed by atoms with Crippen molar-refractivity contribution in [1.82, 2.24) is 20.3 Å². The molecule has 1 N–H and O–H groups in total. The van der Waals surface area contributed by atoms with Crippen molar-refractivity contribution in [3.8, 4) is 0 Å². The van der Waals surface area contributed by atoms with Crippen molar-refractivity contribution in [2.45, 2.75) is 31.1 Å². The maximum absolute atomic E-state index is 4.01. The summed E-state index contributed by atoms with van der Waals surface area (Å²) in [5, 5.41) is 12.2. The molecule has 4 nitrogen and oxygen atoms in total. The third-order valence-electron chi connectivity index (χ3n) is 2.83. The Hall–Kier alpha value is -0.550. The summed E-state index contributed by atoms with van der Waals surface area (Å²) in [7, 11) is 1.96. The zero-order chi connectivity index (χ0) is 10.7. The van der Waals surface area contributed by atoms with Crippen LogP contribution in [0.2, 0.25) is 0 Å². The largest absolute Gasteiger partial charge is 0.308 e. The lowest BCUT2D eigenvalue weighted by Gasteiger charge is -2.23. The molecular weight excluding hydrogens is 208 g/mol. The second-order valence-corrected chi connectivity index (χ2v) is 5.22. The Balaban J connectivity index is 2.15. The lowest BCUT2D eigenvalue weighted by molar-refractivity contribution is 0.483. The highest BCUT2D eigenvalue weighted by Gasteiger charge is 2.28. The summed E-state index contributed by atoms with van der Waals surface area (Å²) in [6.45, 7) is 3.14. The van der Waals surface area contributed by atoms with Gasteiger partial charge in [-0.2, -0.15) is 11.8 Å². The molecule has 1 aromatic rings. The van der Waals surface area contributed by atoms with Crippen LogP contribution in [-0.4, -0.2) is 32.5 Å². The second kappa shape index (κ2) is 4.99. The highest BCUT2D eigenvalue weighted by atomic mass is 32.2. The SMILES string of the molecule is CCNC(c1cnnn1C)C1CCCS1. The average Bonchev–Trinajstić information content (AvgIpc) is 2.85. The molecule has 0 saturated carbocycles. The Morgan fingerprint density at radius 2 is 2.60 bits per heavy atom. The molecule has 0 aliphatic carbocycles. The molecule has 84 valence electrons. The van der Waals surface area contributed by atoms with Gasteiger partial charge in [-0.25, -0.2) is 0 Å². The molecule has 2 atom stereocenters. The van der Waals surface area contributed by atoms with E-state index in [0.29, 0.717) is 11.3 Å². The molecule has 2 rings (SSSR count). The van der Waals surface area contributed by atoms with Crippen molar-refractivity contribution in [3.05, 3.63) is 11.9 Å². The fourth-order valence-corrected chi connectivity index (χ4v) is 3.49. The first-order valence-corrected chi connectivity index (χ1v) is 6.57. The summed E-state index contributed by atoms with van der Waals surface area (Å²) in [5.41, 5.74) is 1.20. The van der Waals surface area contributed by atoms with Gasteiger partial charge < -0.3 is 5.32 Å². The van der Waals surface area contributed by atoms with E-state index in [0.717, 1.165) is 6.54 Å². The van der Waals surface area contributed by atoms with Crippen LogP contribution in [0.5, 0.6) is 0 Å². The van der Waals surface area contributed by atoms with Crippen molar-refractivity contribution in [1.29, 1.82) is 0 Å². The number of hydrogen-bond acceptors (Lipinski definition) is 4. The molecule has 2 unspecified atom stereocenters. The maximum atomic E-state index is 4.01. The van der Waals surface area contributed by atoms with Crippen molar-refractivity contribution < 1.29 is 0 Å². The fraction of sp³-hybridized carbons (Fsp3) is 0.800. The highest BCUT2D eigenvalue weighted by Crippen LogP contribution is 2.35. The van der Waals surface area contributed by atoms with Crippen LogP contribution in [0, 0.1) is 0 Å². The van der Waals surface area contributed by atoms with Gasteiger partial charge in [-0.15, -0.1) is 5.10 Å². The average molecular weight is 226 g/mol. The molecule has 5 heteroatoms. The Bertz CT molecular complexity index is 306. The van der Waals surface area contributed by atoms with E-state index < -0.39 is 0 Å². The smallest absolute Gasteiger partial charge is 0.0764 e. The molecule has 1 fully saturated rings. The van der Waals surface area contributed by atoms with E-state index in [2.05, 4.69) is 34.3 Å². The molecule has 0 radical (unpaired) electrons. The molecule has 0 aromatic carbocycles. The van der Waals surface area contributed by atoms with E-state index in [-0.39, 0.29) is 0 Å². The van der Waals surface area contributed by atoms with Crippen LogP contribution in [0.3, 0.4) is 0 Å². The van der Waals surface area contributed by atoms with E-state index in [1.54, 1.807) is 0 Å². The van der Waals surface area contributed by atoms with Crippen molar-refractivity contribution in [2.75, 3.05) is 12.3 Å². The van der Waals surface area contributed by atoms with Crippen LogP contribution in [0.15, 0.2) is 6.20 Å². The van der Waals surface area contributed by atoms with Gasteiger partial charge >= 0.3 is 0 Å². The number of hydrogen-bond donors (Lipinski definition) is 1. The van der Waals surface area contributed by atoms with Gasteiger partial charge in [0, 0.05) is 12.3 Å². The Morgan fingerprint density at radius 1 is 1.73 bits per heavy atom. The first-order chi connectivity index (χ1) is 7.33. The third-order valence-corrected chi connectivity index (χ3v) is 4.29. The number of nitrogens with one attached hydrogen (secondary N) is 1. The molecular formula is C10H18N4S. The van der Waals surface area contributed by atoms with E-state index in [9.17, 15) is 0 Å². The molecule has 1 saturated heterocycles. The van der Waals surface area contributed by atoms with Gasteiger partial charge in [-0.1, -0.05) is 12.1 Å². The first-order valence-electron chi connectivity index (χ1n) is 5.52. The quantitative estimate of drug-likeness (QED) is 0.842. The summed E-state index contributed by atoms with van der Waals surface area (Å²) in [5.74, 6) is 1.29. The minimum Gasteiger partial charge on any atom is -0.308 e. The minimum absolute atomic E-state index is 0.405. The van der Waals surface area contributed by atoms with Gasteiger partial charge in [0.25, 0.3) is 0 Å². The molecule has 0 bridgehead atoms. The predicted molar refractivity (Wildman–Crippen MR) is 62.9 cm³/mol. The van der Waals surface area contributed by atoms with Crippen LogP contribution in [0.4, 0.5) is 0 Å². The van der Waals surface area contributed by atoms with Crippen LogP contribution in [-0.2, 0) is 7.05 Å². The predicted octanol–water partition coefficient (Wildman–Crippen LogP) is 1.36. The van der Waals surface area contributed by atoms with Crippen LogP contribution >= 0.6 is 11.8 Å². The lowest BCUT2D eigenvalue weighted by atomic mass is 10.1. The summed E-state index contributed by atoms with van der Waals surface area (Å²) in [4.78, 5) is 0.